The van der Waals surface area contributed by atoms with Crippen molar-refractivity contribution in [1.29, 1.82) is 0 Å². The van der Waals surface area contributed by atoms with Crippen LogP contribution in [-0.4, -0.2) is 10.6 Å². The molecule has 1 fully saturated rings. The van der Waals surface area contributed by atoms with Crippen molar-refractivity contribution in [2.24, 2.45) is 0 Å². The van der Waals surface area contributed by atoms with Crippen molar-refractivity contribution < 1.29 is 0 Å². The van der Waals surface area contributed by atoms with Gasteiger partial charge in [-0.3, -0.25) is 5.32 Å². The molecule has 0 saturated carbocycles. The van der Waals surface area contributed by atoms with Crippen molar-refractivity contribution in [3.8, 4) is 22.3 Å². The quantitative estimate of drug-likeness (QED) is 0.187. The van der Waals surface area contributed by atoms with Gasteiger partial charge in [0.05, 0.1) is 35.0 Å². The van der Waals surface area contributed by atoms with Crippen molar-refractivity contribution in [3.63, 3.8) is 0 Å². The maximum atomic E-state index is 4.40. The molecule has 3 heteroatoms. The zero-order valence-electron chi connectivity index (χ0n) is 35.8. The van der Waals surface area contributed by atoms with Gasteiger partial charge in [-0.1, -0.05) is 149 Å². The highest BCUT2D eigenvalue weighted by Crippen LogP contribution is 2.54. The van der Waals surface area contributed by atoms with Crippen molar-refractivity contribution in [3.05, 3.63) is 194 Å². The second-order valence-electron chi connectivity index (χ2n) is 19.8. The molecule has 1 aromatic heterocycles. The topological polar surface area (TPSA) is 29.0 Å². The average molecular weight is 792 g/mol. The van der Waals surface area contributed by atoms with E-state index < -0.39 is 0 Å². The summed E-state index contributed by atoms with van der Waals surface area (Å²) in [6, 6.07) is 38.1. The van der Waals surface area contributed by atoms with E-state index in [4.69, 9.17) is 0 Å². The third-order valence-electron chi connectivity index (χ3n) is 15.8. The van der Waals surface area contributed by atoms with E-state index in [9.17, 15) is 0 Å². The monoisotopic (exact) mass is 791 g/mol. The lowest BCUT2D eigenvalue weighted by Crippen LogP contribution is -2.51. The van der Waals surface area contributed by atoms with Crippen LogP contribution in [0, 0.1) is 0 Å². The Kier molecular flexibility index (Phi) is 7.53. The Morgan fingerprint density at radius 2 is 1.36 bits per heavy atom. The number of benzene rings is 5. The summed E-state index contributed by atoms with van der Waals surface area (Å²) >= 11 is 0. The summed E-state index contributed by atoms with van der Waals surface area (Å²) in [5, 5.41) is 10.2. The predicted octanol–water partition coefficient (Wildman–Crippen LogP) is 13.2. The van der Waals surface area contributed by atoms with Gasteiger partial charge >= 0.3 is 0 Å². The molecule has 300 valence electrons. The van der Waals surface area contributed by atoms with Gasteiger partial charge < -0.3 is 9.88 Å². The van der Waals surface area contributed by atoms with Gasteiger partial charge in [0.2, 0.25) is 0 Å². The van der Waals surface area contributed by atoms with E-state index in [1.807, 2.05) is 0 Å². The lowest BCUT2D eigenvalue weighted by molar-refractivity contribution is 0.313. The Morgan fingerprint density at radius 1 is 0.607 bits per heavy atom. The van der Waals surface area contributed by atoms with Gasteiger partial charge in [0, 0.05) is 27.5 Å². The van der Waals surface area contributed by atoms with Crippen LogP contribution in [-0.2, 0) is 30.1 Å². The van der Waals surface area contributed by atoms with Gasteiger partial charge in [-0.2, -0.15) is 0 Å². The van der Waals surface area contributed by atoms with Gasteiger partial charge in [0.1, 0.15) is 0 Å². The number of rotatable bonds is 3. The Labute approximate surface area is 360 Å². The lowest BCUT2D eigenvalue weighted by atomic mass is 9.78. The van der Waals surface area contributed by atoms with Crippen LogP contribution in [0.5, 0.6) is 0 Å². The van der Waals surface area contributed by atoms with Crippen LogP contribution >= 0.6 is 0 Å². The second kappa shape index (κ2) is 12.8. The third kappa shape index (κ3) is 4.96. The highest BCUT2D eigenvalue weighted by molar-refractivity contribution is 6.07. The summed E-state index contributed by atoms with van der Waals surface area (Å²) in [6.07, 6.45) is 22.1. The highest BCUT2D eigenvalue weighted by Gasteiger charge is 2.43. The fraction of sp³-hybridized carbons (Fsp3) is 0.276. The minimum absolute atomic E-state index is 0.00917. The molecule has 6 aliphatic carbocycles. The van der Waals surface area contributed by atoms with Crippen LogP contribution in [0.25, 0.3) is 50.5 Å². The van der Waals surface area contributed by atoms with Crippen LogP contribution in [0.3, 0.4) is 0 Å². The molecule has 13 rings (SSSR count). The molecule has 3 unspecified atom stereocenters. The molecule has 0 amide bonds. The van der Waals surface area contributed by atoms with Crippen LogP contribution in [0.4, 0.5) is 0 Å². The molecule has 2 N–H and O–H groups in total. The van der Waals surface area contributed by atoms with Crippen LogP contribution in [0.2, 0.25) is 0 Å². The van der Waals surface area contributed by atoms with Gasteiger partial charge in [0.15, 0.2) is 0 Å². The number of aryl methyl sites for hydroxylation is 2. The first-order valence-corrected chi connectivity index (χ1v) is 23.0. The molecule has 3 nitrogen and oxygen atoms in total. The molecule has 61 heavy (non-hydrogen) atoms. The standard InChI is InChI=1S/C58H53N3/c1-57(2)44-20-11-9-18-40(44)42-28-24-36(32-46(42)57)54-55(37-25-29-43-41-19-10-12-21-45(41)58(3,4)47(43)33-37)60-56-48(59-54)22-13-23-51(56)61-49-30-26-34-14-5-7-16-38(34)52(49)53-39-17-8-6-15-35(39)27-31-50(53)61/h5,7-8,10,12-14,16-21,23-25,27-29,31-33,48,54-55,59-60H,6,9,11,15,22,26,30H2,1-4H3. The third-order valence-corrected chi connectivity index (χ3v) is 15.8. The first-order valence-electron chi connectivity index (χ1n) is 23.0. The molecule has 0 spiro atoms. The number of hydrogen-bond acceptors (Lipinski definition) is 2. The van der Waals surface area contributed by atoms with Gasteiger partial charge in [0.25, 0.3) is 0 Å². The number of nitrogens with zero attached hydrogens (tertiary/aromatic N) is 1. The largest absolute Gasteiger partial charge is 0.377 e. The van der Waals surface area contributed by atoms with Crippen LogP contribution in [0.15, 0.2) is 139 Å². The van der Waals surface area contributed by atoms with Crippen molar-refractivity contribution >= 4 is 28.2 Å². The molecule has 1 aliphatic heterocycles. The maximum absolute atomic E-state index is 4.40. The first kappa shape index (κ1) is 35.8. The number of aromatic nitrogens is 1. The Bertz CT molecular complexity index is 3080. The summed E-state index contributed by atoms with van der Waals surface area (Å²) in [6.45, 7) is 9.69. The maximum Gasteiger partial charge on any atom is 0.0707 e. The lowest BCUT2D eigenvalue weighted by Gasteiger charge is -2.43. The fourth-order valence-electron chi connectivity index (χ4n) is 12.8. The smallest absolute Gasteiger partial charge is 0.0707 e. The van der Waals surface area contributed by atoms with Crippen LogP contribution in [0.1, 0.15) is 121 Å². The first-order chi connectivity index (χ1) is 29.8. The van der Waals surface area contributed by atoms with E-state index in [-0.39, 0.29) is 29.0 Å². The molecular formula is C58H53N3. The minimum atomic E-state index is -0.0810. The Hall–Kier alpha value is -5.90. The van der Waals surface area contributed by atoms with Gasteiger partial charge in [-0.15, -0.1) is 0 Å². The molecule has 6 aromatic rings. The van der Waals surface area contributed by atoms with E-state index in [1.165, 1.54) is 111 Å². The predicted molar refractivity (Wildman–Crippen MR) is 253 cm³/mol. The van der Waals surface area contributed by atoms with E-state index in [1.54, 1.807) is 0 Å². The van der Waals surface area contributed by atoms with Gasteiger partial charge in [-0.25, -0.2) is 0 Å². The number of piperazine rings is 1. The van der Waals surface area contributed by atoms with Crippen LogP contribution < -0.4 is 10.6 Å². The van der Waals surface area contributed by atoms with Crippen molar-refractivity contribution in [2.45, 2.75) is 102 Å². The summed E-state index contributed by atoms with van der Waals surface area (Å²) < 4.78 is 2.66. The number of nitrogens with one attached hydrogen (secondary N) is 2. The molecule has 0 bridgehead atoms. The zero-order chi connectivity index (χ0) is 40.8. The molecule has 2 heterocycles. The fourth-order valence-corrected chi connectivity index (χ4v) is 12.8. The van der Waals surface area contributed by atoms with E-state index in [0.717, 1.165) is 44.9 Å². The second-order valence-corrected chi connectivity index (χ2v) is 19.8. The SMILES string of the molecule is CC1(C)C2=CCCC=C2c2ccc(C3NC4CC=CC(n5c6c(c7c8c(ccc75)CCC=C8)-c5ccccc5CC6)=C4NC3c3ccc4c(c3)C(C)(C)c3ccccc3-4)cc21. The summed E-state index contributed by atoms with van der Waals surface area (Å²) in [7, 11) is 0. The van der Waals surface area contributed by atoms with Crippen molar-refractivity contribution in [1.82, 2.24) is 15.2 Å². The summed E-state index contributed by atoms with van der Waals surface area (Å²) in [5.74, 6) is 0. The Balaban J connectivity index is 1.01. The normalized spacial score (nSPS) is 23.1. The molecule has 5 aromatic carbocycles. The number of allylic oxidation sites excluding steroid dienone is 7. The highest BCUT2D eigenvalue weighted by atomic mass is 15.2. The molecular weight excluding hydrogens is 739 g/mol. The Morgan fingerprint density at radius 3 is 2.25 bits per heavy atom. The zero-order valence-corrected chi connectivity index (χ0v) is 35.8. The number of fused-ring (bicyclic) bond motifs is 14. The molecule has 0 radical (unpaired) electrons. The summed E-state index contributed by atoms with van der Waals surface area (Å²) in [4.78, 5) is 0. The minimum Gasteiger partial charge on any atom is -0.377 e. The van der Waals surface area contributed by atoms with E-state index in [0.29, 0.717) is 0 Å². The molecule has 7 aliphatic rings. The van der Waals surface area contributed by atoms with Gasteiger partial charge in [-0.05, 0) is 135 Å². The van der Waals surface area contributed by atoms with E-state index in [2.05, 4.69) is 176 Å². The van der Waals surface area contributed by atoms with Crippen molar-refractivity contribution in [2.75, 3.05) is 0 Å². The average Bonchev–Trinajstić information content (AvgIpc) is 3.85. The summed E-state index contributed by atoms with van der Waals surface area (Å²) in [5.41, 5.74) is 26.6. The van der Waals surface area contributed by atoms with E-state index >= 15 is 0 Å². The molecule has 3 atom stereocenters. The molecule has 1 saturated heterocycles. The number of hydrogen-bond donors (Lipinski definition) is 2.